The third kappa shape index (κ3) is 2.79. The lowest BCUT2D eigenvalue weighted by atomic mass is 10.1. The number of aromatic nitrogens is 1. The Morgan fingerprint density at radius 1 is 0.576 bits per heavy atom. The zero-order valence-corrected chi connectivity index (χ0v) is 19.2. The van der Waals surface area contributed by atoms with Crippen molar-refractivity contribution in [2.45, 2.75) is 0 Å². The zero-order valence-electron chi connectivity index (χ0n) is 17.6. The Hall–Kier alpha value is -3.82. The third-order valence-electron chi connectivity index (χ3n) is 6.47. The number of para-hydroxylation sites is 1. The molecule has 3 heteroatoms. The predicted molar refractivity (Wildman–Crippen MR) is 141 cm³/mol. The lowest BCUT2D eigenvalue weighted by Crippen LogP contribution is -1.94. The molecule has 2 nitrogen and oxygen atoms in total. The molecule has 0 saturated carbocycles. The molecule has 5 aromatic carbocycles. The van der Waals surface area contributed by atoms with Crippen molar-refractivity contribution in [1.29, 1.82) is 0 Å². The predicted octanol–water partition coefficient (Wildman–Crippen LogP) is 9.11. The standard InChI is InChI=1S/C30H18BrNO/c31-21-12-15-23-25-16-17-26-24-8-4-5-9-28(24)33-30(26)29(25)32(27(23)18-21)22-13-10-20(11-14-22)19-6-2-1-3-7-19/h1-18H. The van der Waals surface area contributed by atoms with Crippen LogP contribution in [0, 0.1) is 0 Å². The van der Waals surface area contributed by atoms with Crippen LogP contribution in [0.5, 0.6) is 0 Å². The van der Waals surface area contributed by atoms with Gasteiger partial charge in [-0.05, 0) is 47.5 Å². The summed E-state index contributed by atoms with van der Waals surface area (Å²) in [7, 11) is 0. The summed E-state index contributed by atoms with van der Waals surface area (Å²) >= 11 is 3.68. The van der Waals surface area contributed by atoms with Gasteiger partial charge in [0, 0.05) is 31.7 Å². The van der Waals surface area contributed by atoms with E-state index in [9.17, 15) is 0 Å². The topological polar surface area (TPSA) is 18.1 Å². The molecular weight excluding hydrogens is 470 g/mol. The number of hydrogen-bond acceptors (Lipinski definition) is 1. The third-order valence-corrected chi connectivity index (χ3v) is 6.96. The maximum Gasteiger partial charge on any atom is 0.160 e. The Morgan fingerprint density at radius 3 is 2.12 bits per heavy atom. The van der Waals surface area contributed by atoms with Crippen molar-refractivity contribution in [3.63, 3.8) is 0 Å². The van der Waals surface area contributed by atoms with Crippen LogP contribution in [0.15, 0.2) is 118 Å². The highest BCUT2D eigenvalue weighted by molar-refractivity contribution is 9.10. The highest BCUT2D eigenvalue weighted by Crippen LogP contribution is 2.40. The van der Waals surface area contributed by atoms with Gasteiger partial charge in [0.1, 0.15) is 5.58 Å². The quantitative estimate of drug-likeness (QED) is 0.237. The van der Waals surface area contributed by atoms with Crippen molar-refractivity contribution in [3.05, 3.63) is 114 Å². The van der Waals surface area contributed by atoms with E-state index in [-0.39, 0.29) is 0 Å². The van der Waals surface area contributed by atoms with E-state index in [0.717, 1.165) is 43.1 Å². The van der Waals surface area contributed by atoms with Crippen LogP contribution in [0.25, 0.3) is 60.6 Å². The summed E-state index contributed by atoms with van der Waals surface area (Å²) in [4.78, 5) is 0. The van der Waals surface area contributed by atoms with Gasteiger partial charge in [0.05, 0.1) is 11.0 Å². The fourth-order valence-electron chi connectivity index (χ4n) is 4.95. The van der Waals surface area contributed by atoms with Crippen LogP contribution in [-0.4, -0.2) is 4.57 Å². The Bertz CT molecular complexity index is 1810. The Balaban J connectivity index is 1.58. The molecule has 2 heterocycles. The second-order valence-corrected chi connectivity index (χ2v) is 9.26. The molecule has 0 bridgehead atoms. The van der Waals surface area contributed by atoms with Gasteiger partial charge in [-0.3, -0.25) is 0 Å². The van der Waals surface area contributed by atoms with E-state index in [2.05, 4.69) is 111 Å². The maximum atomic E-state index is 6.45. The van der Waals surface area contributed by atoms with Gasteiger partial charge in [-0.2, -0.15) is 0 Å². The van der Waals surface area contributed by atoms with Crippen LogP contribution < -0.4 is 0 Å². The molecule has 0 saturated heterocycles. The molecule has 0 aliphatic rings. The SMILES string of the molecule is Brc1ccc2c3ccc4c5ccccc5oc4c3n(-c3ccc(-c4ccccc4)cc3)c2c1. The van der Waals surface area contributed by atoms with E-state index in [0.29, 0.717) is 0 Å². The average molecular weight is 488 g/mol. The first-order valence-corrected chi connectivity index (χ1v) is 11.8. The molecule has 0 spiro atoms. The van der Waals surface area contributed by atoms with Gasteiger partial charge < -0.3 is 8.98 Å². The Kier molecular flexibility index (Phi) is 4.02. The van der Waals surface area contributed by atoms with Gasteiger partial charge in [-0.25, -0.2) is 0 Å². The van der Waals surface area contributed by atoms with Crippen molar-refractivity contribution in [2.75, 3.05) is 0 Å². The Morgan fingerprint density at radius 2 is 1.27 bits per heavy atom. The molecule has 33 heavy (non-hydrogen) atoms. The van der Waals surface area contributed by atoms with E-state index < -0.39 is 0 Å². The minimum atomic E-state index is 0.914. The summed E-state index contributed by atoms with van der Waals surface area (Å²) in [5, 5.41) is 4.69. The number of fused-ring (bicyclic) bond motifs is 7. The van der Waals surface area contributed by atoms with Gasteiger partial charge >= 0.3 is 0 Å². The minimum Gasteiger partial charge on any atom is -0.454 e. The van der Waals surface area contributed by atoms with Crippen molar-refractivity contribution in [2.24, 2.45) is 0 Å². The van der Waals surface area contributed by atoms with Crippen LogP contribution in [0.2, 0.25) is 0 Å². The molecule has 7 aromatic rings. The molecule has 7 rings (SSSR count). The van der Waals surface area contributed by atoms with Crippen molar-refractivity contribution in [1.82, 2.24) is 4.57 Å². The van der Waals surface area contributed by atoms with E-state index in [4.69, 9.17) is 4.42 Å². The number of furan rings is 1. The first kappa shape index (κ1) is 18.7. The lowest BCUT2D eigenvalue weighted by Gasteiger charge is -2.10. The molecule has 0 atom stereocenters. The number of rotatable bonds is 2. The van der Waals surface area contributed by atoms with Gasteiger partial charge in [0.2, 0.25) is 0 Å². The van der Waals surface area contributed by atoms with Crippen LogP contribution in [0.4, 0.5) is 0 Å². The molecule has 0 N–H and O–H groups in total. The van der Waals surface area contributed by atoms with Crippen LogP contribution >= 0.6 is 15.9 Å². The average Bonchev–Trinajstić information content (AvgIpc) is 3.40. The smallest absolute Gasteiger partial charge is 0.160 e. The number of hydrogen-bond donors (Lipinski definition) is 0. The summed E-state index contributed by atoms with van der Waals surface area (Å²) < 4.78 is 9.83. The number of nitrogens with zero attached hydrogens (tertiary/aromatic N) is 1. The van der Waals surface area contributed by atoms with Crippen LogP contribution in [-0.2, 0) is 0 Å². The lowest BCUT2D eigenvalue weighted by molar-refractivity contribution is 0.671. The summed E-state index contributed by atoms with van der Waals surface area (Å²) in [6.07, 6.45) is 0. The number of halogens is 1. The summed E-state index contributed by atoms with van der Waals surface area (Å²) in [5.74, 6) is 0. The molecule has 0 aliphatic heterocycles. The molecule has 156 valence electrons. The molecule has 0 amide bonds. The van der Waals surface area contributed by atoms with Crippen molar-refractivity contribution in [3.8, 4) is 16.8 Å². The Labute approximate surface area is 198 Å². The summed E-state index contributed by atoms with van der Waals surface area (Å²) in [6.45, 7) is 0. The van der Waals surface area contributed by atoms with Crippen LogP contribution in [0.1, 0.15) is 0 Å². The fourth-order valence-corrected chi connectivity index (χ4v) is 5.30. The van der Waals surface area contributed by atoms with E-state index in [1.807, 2.05) is 18.2 Å². The molecule has 0 radical (unpaired) electrons. The molecule has 0 fully saturated rings. The first-order chi connectivity index (χ1) is 16.3. The number of benzene rings is 5. The van der Waals surface area contributed by atoms with E-state index >= 15 is 0 Å². The fraction of sp³-hybridized carbons (Fsp3) is 0. The second-order valence-electron chi connectivity index (χ2n) is 8.35. The molecular formula is C30H18BrNO. The normalized spacial score (nSPS) is 11.8. The van der Waals surface area contributed by atoms with E-state index in [1.165, 1.54) is 21.9 Å². The highest BCUT2D eigenvalue weighted by Gasteiger charge is 2.19. The maximum absolute atomic E-state index is 6.45. The zero-order chi connectivity index (χ0) is 21.9. The molecule has 0 aliphatic carbocycles. The van der Waals surface area contributed by atoms with Gasteiger partial charge in [0.15, 0.2) is 5.58 Å². The summed E-state index contributed by atoms with van der Waals surface area (Å²) in [6, 6.07) is 38.4. The van der Waals surface area contributed by atoms with Gasteiger partial charge in [-0.15, -0.1) is 0 Å². The minimum absolute atomic E-state index is 0.914. The largest absolute Gasteiger partial charge is 0.454 e. The monoisotopic (exact) mass is 487 g/mol. The second kappa shape index (κ2) is 7.09. The van der Waals surface area contributed by atoms with Crippen molar-refractivity contribution >= 4 is 59.7 Å². The van der Waals surface area contributed by atoms with Gasteiger partial charge in [-0.1, -0.05) is 88.7 Å². The summed E-state index contributed by atoms with van der Waals surface area (Å²) in [5.41, 5.74) is 7.62. The molecule has 2 aromatic heterocycles. The van der Waals surface area contributed by atoms with Gasteiger partial charge in [0.25, 0.3) is 0 Å². The van der Waals surface area contributed by atoms with E-state index in [1.54, 1.807) is 0 Å². The van der Waals surface area contributed by atoms with Crippen molar-refractivity contribution < 1.29 is 4.42 Å². The molecule has 0 unspecified atom stereocenters. The highest BCUT2D eigenvalue weighted by atomic mass is 79.9. The van der Waals surface area contributed by atoms with Crippen LogP contribution in [0.3, 0.4) is 0 Å². The first-order valence-electron chi connectivity index (χ1n) is 11.0.